The third-order valence-corrected chi connectivity index (χ3v) is 3.73. The van der Waals surface area contributed by atoms with Gasteiger partial charge in [-0.2, -0.15) is 0 Å². The van der Waals surface area contributed by atoms with E-state index in [9.17, 15) is 4.79 Å². The van der Waals surface area contributed by atoms with Crippen LogP contribution < -0.4 is 10.1 Å². The zero-order valence-corrected chi connectivity index (χ0v) is 13.3. The van der Waals surface area contributed by atoms with Crippen LogP contribution in [0.1, 0.15) is 10.6 Å². The maximum Gasteiger partial charge on any atom is 0.250 e. The Kier molecular flexibility index (Phi) is 4.86. The molecule has 0 saturated heterocycles. The molecular weight excluding hydrogens is 342 g/mol. The summed E-state index contributed by atoms with van der Waals surface area (Å²) in [5.74, 6) is 0.504. The molecule has 20 heavy (non-hydrogen) atoms. The summed E-state index contributed by atoms with van der Waals surface area (Å²) < 4.78 is 5.98. The molecule has 0 radical (unpaired) electrons. The van der Waals surface area contributed by atoms with Crippen LogP contribution in [0.4, 0.5) is 5.13 Å². The van der Waals surface area contributed by atoms with Crippen LogP contribution >= 0.6 is 27.3 Å². The molecule has 1 amide bonds. The molecular formula is C13H12BrN3O2S. The van der Waals surface area contributed by atoms with Crippen molar-refractivity contribution in [1.29, 1.82) is 0 Å². The van der Waals surface area contributed by atoms with E-state index in [1.807, 2.05) is 25.1 Å². The zero-order chi connectivity index (χ0) is 14.5. The number of aryl methyl sites for hydroxylation is 1. The van der Waals surface area contributed by atoms with Gasteiger partial charge in [-0.1, -0.05) is 17.4 Å². The molecule has 0 spiro atoms. The first-order valence-electron chi connectivity index (χ1n) is 5.71. The molecule has 0 saturated carbocycles. The number of nitrogens with zero attached hydrogens (tertiary/aromatic N) is 2. The molecule has 1 heterocycles. The lowest BCUT2D eigenvalue weighted by Crippen LogP contribution is -2.07. The van der Waals surface area contributed by atoms with Crippen LogP contribution in [-0.2, 0) is 4.79 Å². The van der Waals surface area contributed by atoms with E-state index >= 15 is 0 Å². The molecule has 2 aromatic rings. The van der Waals surface area contributed by atoms with Crippen LogP contribution in [0.25, 0.3) is 6.08 Å². The van der Waals surface area contributed by atoms with Crippen molar-refractivity contribution in [3.05, 3.63) is 39.3 Å². The number of nitrogens with one attached hydrogen (secondary N) is 1. The second kappa shape index (κ2) is 6.62. The molecule has 0 aliphatic carbocycles. The molecule has 2 rings (SSSR count). The van der Waals surface area contributed by atoms with Crippen molar-refractivity contribution in [2.24, 2.45) is 0 Å². The van der Waals surface area contributed by atoms with E-state index < -0.39 is 0 Å². The number of halogens is 1. The second-order valence-electron chi connectivity index (χ2n) is 3.84. The molecule has 1 aromatic heterocycles. The Bertz CT molecular complexity index is 655. The molecule has 7 heteroatoms. The molecule has 0 fully saturated rings. The van der Waals surface area contributed by atoms with Gasteiger partial charge in [0, 0.05) is 6.08 Å². The van der Waals surface area contributed by atoms with Crippen molar-refractivity contribution in [3.63, 3.8) is 0 Å². The van der Waals surface area contributed by atoms with Gasteiger partial charge >= 0.3 is 0 Å². The SMILES string of the molecule is COc1ccc(/C=C/C(=O)Nc2nnc(C)s2)cc1Br. The van der Waals surface area contributed by atoms with Crippen molar-refractivity contribution < 1.29 is 9.53 Å². The highest BCUT2D eigenvalue weighted by Gasteiger charge is 2.03. The number of hydrogen-bond acceptors (Lipinski definition) is 5. The molecule has 0 aliphatic heterocycles. The number of rotatable bonds is 4. The van der Waals surface area contributed by atoms with E-state index in [0.717, 1.165) is 20.8 Å². The first kappa shape index (κ1) is 14.7. The summed E-state index contributed by atoms with van der Waals surface area (Å²) in [5, 5.41) is 11.6. The van der Waals surface area contributed by atoms with Crippen LogP contribution in [0.15, 0.2) is 28.7 Å². The normalized spacial score (nSPS) is 10.8. The number of benzene rings is 1. The van der Waals surface area contributed by atoms with Crippen molar-refractivity contribution in [2.75, 3.05) is 12.4 Å². The quantitative estimate of drug-likeness (QED) is 0.856. The molecule has 0 bridgehead atoms. The number of ether oxygens (including phenoxy) is 1. The van der Waals surface area contributed by atoms with Crippen LogP contribution in [0.3, 0.4) is 0 Å². The van der Waals surface area contributed by atoms with Gasteiger partial charge in [-0.3, -0.25) is 10.1 Å². The summed E-state index contributed by atoms with van der Waals surface area (Å²) >= 11 is 4.73. The fourth-order valence-electron chi connectivity index (χ4n) is 1.45. The summed E-state index contributed by atoms with van der Waals surface area (Å²) in [5.41, 5.74) is 0.890. The monoisotopic (exact) mass is 353 g/mol. The molecule has 0 unspecified atom stereocenters. The topological polar surface area (TPSA) is 64.1 Å². The van der Waals surface area contributed by atoms with Gasteiger partial charge in [0.25, 0.3) is 0 Å². The van der Waals surface area contributed by atoms with Crippen molar-refractivity contribution in [2.45, 2.75) is 6.92 Å². The summed E-state index contributed by atoms with van der Waals surface area (Å²) in [7, 11) is 1.60. The minimum atomic E-state index is -0.243. The maximum atomic E-state index is 11.7. The van der Waals surface area contributed by atoms with Gasteiger partial charge in [0.1, 0.15) is 10.8 Å². The summed E-state index contributed by atoms with van der Waals surface area (Å²) in [6, 6.07) is 5.57. The van der Waals surface area contributed by atoms with Gasteiger partial charge in [0.15, 0.2) is 0 Å². The fourth-order valence-corrected chi connectivity index (χ4v) is 2.61. The van der Waals surface area contributed by atoms with Gasteiger partial charge in [-0.05, 0) is 46.6 Å². The van der Waals surface area contributed by atoms with Gasteiger partial charge in [-0.25, -0.2) is 0 Å². The smallest absolute Gasteiger partial charge is 0.250 e. The van der Waals surface area contributed by atoms with Crippen LogP contribution in [0.5, 0.6) is 5.75 Å². The zero-order valence-electron chi connectivity index (χ0n) is 10.9. The number of aromatic nitrogens is 2. The lowest BCUT2D eigenvalue weighted by molar-refractivity contribution is -0.111. The van der Waals surface area contributed by atoms with E-state index in [4.69, 9.17) is 4.74 Å². The Hall–Kier alpha value is -1.73. The minimum Gasteiger partial charge on any atom is -0.496 e. The average Bonchev–Trinajstić information content (AvgIpc) is 2.82. The summed E-state index contributed by atoms with van der Waals surface area (Å²) in [6.07, 6.45) is 3.17. The van der Waals surface area contributed by atoms with Crippen molar-refractivity contribution >= 4 is 44.4 Å². The number of hydrogen-bond donors (Lipinski definition) is 1. The minimum absolute atomic E-state index is 0.243. The number of carbonyl (C=O) groups is 1. The Labute approximate surface area is 128 Å². The highest BCUT2D eigenvalue weighted by Crippen LogP contribution is 2.26. The highest BCUT2D eigenvalue weighted by molar-refractivity contribution is 9.10. The third-order valence-electron chi connectivity index (χ3n) is 2.36. The number of amides is 1. The second-order valence-corrected chi connectivity index (χ2v) is 5.88. The van der Waals surface area contributed by atoms with Crippen molar-refractivity contribution in [3.8, 4) is 5.75 Å². The predicted molar refractivity (Wildman–Crippen MR) is 83.0 cm³/mol. The van der Waals surface area contributed by atoms with Crippen LogP contribution in [0.2, 0.25) is 0 Å². The Morgan fingerprint density at radius 1 is 1.45 bits per heavy atom. The fraction of sp³-hybridized carbons (Fsp3) is 0.154. The van der Waals surface area contributed by atoms with Gasteiger partial charge < -0.3 is 4.74 Å². The van der Waals surface area contributed by atoms with Gasteiger partial charge in [0.05, 0.1) is 11.6 Å². The van der Waals surface area contributed by atoms with Crippen molar-refractivity contribution in [1.82, 2.24) is 10.2 Å². The van der Waals surface area contributed by atoms with Crippen LogP contribution in [-0.4, -0.2) is 23.2 Å². The van der Waals surface area contributed by atoms with E-state index in [-0.39, 0.29) is 5.91 Å². The first-order valence-corrected chi connectivity index (χ1v) is 7.32. The largest absolute Gasteiger partial charge is 0.496 e. The van der Waals surface area contributed by atoms with Crippen LogP contribution in [0, 0.1) is 6.92 Å². The maximum absolute atomic E-state index is 11.7. The van der Waals surface area contributed by atoms with E-state index in [1.54, 1.807) is 13.2 Å². The van der Waals surface area contributed by atoms with E-state index in [0.29, 0.717) is 5.13 Å². The Morgan fingerprint density at radius 2 is 2.25 bits per heavy atom. The molecule has 0 atom stereocenters. The lowest BCUT2D eigenvalue weighted by Gasteiger charge is -2.03. The molecule has 1 aromatic carbocycles. The summed E-state index contributed by atoms with van der Waals surface area (Å²) in [4.78, 5) is 11.7. The standard InChI is InChI=1S/C13H12BrN3O2S/c1-8-16-17-13(20-8)15-12(18)6-4-9-3-5-11(19-2)10(14)7-9/h3-7H,1-2H3,(H,15,17,18)/b6-4+. The first-order chi connectivity index (χ1) is 9.58. The number of methoxy groups -OCH3 is 1. The molecule has 0 aliphatic rings. The van der Waals surface area contributed by atoms with E-state index in [1.165, 1.54) is 17.4 Å². The Morgan fingerprint density at radius 3 is 2.85 bits per heavy atom. The molecule has 104 valence electrons. The number of carbonyl (C=O) groups excluding carboxylic acids is 1. The molecule has 5 nitrogen and oxygen atoms in total. The van der Waals surface area contributed by atoms with Gasteiger partial charge in [0.2, 0.25) is 11.0 Å². The summed E-state index contributed by atoms with van der Waals surface area (Å²) in [6.45, 7) is 1.83. The van der Waals surface area contributed by atoms with E-state index in [2.05, 4.69) is 31.4 Å². The lowest BCUT2D eigenvalue weighted by atomic mass is 10.2. The molecule has 1 N–H and O–H groups in total. The average molecular weight is 354 g/mol. The Balaban J connectivity index is 2.01. The third kappa shape index (κ3) is 3.88. The van der Waals surface area contributed by atoms with Gasteiger partial charge in [-0.15, -0.1) is 10.2 Å². The highest BCUT2D eigenvalue weighted by atomic mass is 79.9. The number of anilines is 1. The predicted octanol–water partition coefficient (Wildman–Crippen LogP) is 3.27.